The van der Waals surface area contributed by atoms with Crippen LogP contribution in [0.25, 0.3) is 0 Å². The molecule has 1 heterocycles. The van der Waals surface area contributed by atoms with Crippen molar-refractivity contribution in [2.45, 2.75) is 25.7 Å². The number of benzene rings is 1. The van der Waals surface area contributed by atoms with Gasteiger partial charge in [-0.05, 0) is 43.0 Å². The van der Waals surface area contributed by atoms with Crippen molar-refractivity contribution in [3.8, 4) is 0 Å². The Hall–Kier alpha value is -0.930. The summed E-state index contributed by atoms with van der Waals surface area (Å²) in [5.74, 6) is 0.320. The minimum atomic E-state index is -0.143. The monoisotopic (exact) mass is 237 g/mol. The zero-order chi connectivity index (χ0) is 12.5. The topological polar surface area (TPSA) is 35.2 Å². The van der Waals surface area contributed by atoms with Gasteiger partial charge in [0.15, 0.2) is 0 Å². The van der Waals surface area contributed by atoms with Gasteiger partial charge in [0, 0.05) is 5.41 Å². The number of hydrogen-bond donors (Lipinski definition) is 1. The lowest BCUT2D eigenvalue weighted by Gasteiger charge is -2.43. The highest BCUT2D eigenvalue weighted by molar-refractivity contribution is 5.32. The molecule has 17 heavy (non-hydrogen) atoms. The van der Waals surface area contributed by atoms with E-state index in [9.17, 15) is 4.39 Å². The maximum atomic E-state index is 13.3. The van der Waals surface area contributed by atoms with Gasteiger partial charge in [-0.3, -0.25) is 0 Å². The molecular weight excluding hydrogens is 217 g/mol. The van der Waals surface area contributed by atoms with E-state index in [0.717, 1.165) is 19.6 Å². The molecule has 94 valence electrons. The first-order chi connectivity index (χ1) is 8.07. The summed E-state index contributed by atoms with van der Waals surface area (Å²) in [5, 5.41) is 0. The quantitative estimate of drug-likeness (QED) is 0.872. The predicted octanol–water partition coefficient (Wildman–Crippen LogP) is 2.39. The Balaban J connectivity index is 2.25. The molecule has 0 spiro atoms. The van der Waals surface area contributed by atoms with E-state index in [2.05, 4.69) is 6.92 Å². The molecule has 1 fully saturated rings. The van der Waals surface area contributed by atoms with Crippen molar-refractivity contribution < 1.29 is 9.13 Å². The minimum Gasteiger partial charge on any atom is -0.379 e. The van der Waals surface area contributed by atoms with E-state index >= 15 is 0 Å². The zero-order valence-corrected chi connectivity index (χ0v) is 10.5. The molecule has 0 radical (unpaired) electrons. The summed E-state index contributed by atoms with van der Waals surface area (Å²) >= 11 is 0. The molecule has 0 aromatic heterocycles. The summed E-state index contributed by atoms with van der Waals surface area (Å²) in [4.78, 5) is 0. The van der Waals surface area contributed by atoms with Crippen LogP contribution in [0.2, 0.25) is 0 Å². The molecule has 1 unspecified atom stereocenters. The summed E-state index contributed by atoms with van der Waals surface area (Å²) in [7, 11) is 0. The number of rotatable bonds is 4. The highest BCUT2D eigenvalue weighted by Crippen LogP contribution is 2.38. The van der Waals surface area contributed by atoms with Crippen LogP contribution in [-0.4, -0.2) is 19.8 Å². The van der Waals surface area contributed by atoms with Crippen molar-refractivity contribution in [1.82, 2.24) is 0 Å². The molecule has 0 saturated carbocycles. The molecule has 2 nitrogen and oxygen atoms in total. The van der Waals surface area contributed by atoms with Gasteiger partial charge in [-0.25, -0.2) is 4.39 Å². The van der Waals surface area contributed by atoms with Crippen molar-refractivity contribution in [2.24, 2.45) is 11.7 Å². The molecular formula is C14H20FNO. The fourth-order valence-electron chi connectivity index (χ4n) is 2.48. The number of hydrogen-bond acceptors (Lipinski definition) is 2. The van der Waals surface area contributed by atoms with Crippen LogP contribution in [0.5, 0.6) is 0 Å². The van der Waals surface area contributed by atoms with Crippen LogP contribution < -0.4 is 5.73 Å². The Morgan fingerprint density at radius 3 is 2.65 bits per heavy atom. The van der Waals surface area contributed by atoms with Gasteiger partial charge in [-0.2, -0.15) is 0 Å². The second-order valence-electron chi connectivity index (χ2n) is 5.28. The highest BCUT2D eigenvalue weighted by Gasteiger charge is 2.41. The third kappa shape index (κ3) is 2.35. The summed E-state index contributed by atoms with van der Waals surface area (Å²) in [6.07, 6.45) is 1.01. The zero-order valence-electron chi connectivity index (χ0n) is 10.5. The molecule has 0 amide bonds. The lowest BCUT2D eigenvalue weighted by molar-refractivity contribution is -0.0702. The molecule has 1 aromatic carbocycles. The molecule has 1 saturated heterocycles. The number of aryl methyl sites for hydroxylation is 1. The van der Waals surface area contributed by atoms with Crippen molar-refractivity contribution in [1.29, 1.82) is 0 Å². The Bertz CT molecular complexity index is 401. The van der Waals surface area contributed by atoms with Crippen LogP contribution in [0.1, 0.15) is 24.5 Å². The van der Waals surface area contributed by atoms with Gasteiger partial charge >= 0.3 is 0 Å². The van der Waals surface area contributed by atoms with Gasteiger partial charge in [0.2, 0.25) is 0 Å². The maximum Gasteiger partial charge on any atom is 0.126 e. The Morgan fingerprint density at radius 1 is 1.47 bits per heavy atom. The van der Waals surface area contributed by atoms with Crippen molar-refractivity contribution in [2.75, 3.05) is 19.8 Å². The average molecular weight is 237 g/mol. The second kappa shape index (κ2) is 4.75. The first kappa shape index (κ1) is 12.5. The molecule has 2 rings (SSSR count). The van der Waals surface area contributed by atoms with Gasteiger partial charge < -0.3 is 10.5 Å². The van der Waals surface area contributed by atoms with Gasteiger partial charge in [-0.1, -0.05) is 19.1 Å². The van der Waals surface area contributed by atoms with E-state index in [-0.39, 0.29) is 11.2 Å². The molecule has 1 aliphatic heterocycles. The third-order valence-corrected chi connectivity index (χ3v) is 3.67. The maximum absolute atomic E-state index is 13.3. The van der Waals surface area contributed by atoms with E-state index < -0.39 is 0 Å². The minimum absolute atomic E-state index is 0.0528. The van der Waals surface area contributed by atoms with E-state index in [4.69, 9.17) is 10.5 Å². The van der Waals surface area contributed by atoms with Gasteiger partial charge in [0.05, 0.1) is 13.2 Å². The SMILES string of the molecule is Cc1cc(C2(CC(C)CN)COC2)ccc1F. The second-order valence-corrected chi connectivity index (χ2v) is 5.28. The molecule has 1 aliphatic rings. The van der Waals surface area contributed by atoms with Gasteiger partial charge in [0.1, 0.15) is 5.82 Å². The summed E-state index contributed by atoms with van der Waals surface area (Å²) in [6, 6.07) is 5.38. The molecule has 0 aliphatic carbocycles. The Labute approximate surface area is 102 Å². The lowest BCUT2D eigenvalue weighted by atomic mass is 9.72. The standard InChI is InChI=1S/C14H20FNO/c1-10(7-16)6-14(8-17-9-14)12-3-4-13(15)11(2)5-12/h3-5,10H,6-9,16H2,1-2H3. The fourth-order valence-corrected chi connectivity index (χ4v) is 2.48. The van der Waals surface area contributed by atoms with E-state index in [1.54, 1.807) is 13.0 Å². The van der Waals surface area contributed by atoms with Crippen LogP contribution in [0.3, 0.4) is 0 Å². The first-order valence-corrected chi connectivity index (χ1v) is 6.12. The molecule has 2 N–H and O–H groups in total. The fraction of sp³-hybridized carbons (Fsp3) is 0.571. The number of halogens is 1. The number of ether oxygens (including phenoxy) is 1. The summed E-state index contributed by atoms with van der Waals surface area (Å²) in [5.41, 5.74) is 7.63. The van der Waals surface area contributed by atoms with Crippen molar-refractivity contribution in [3.63, 3.8) is 0 Å². The normalized spacial score (nSPS) is 19.8. The van der Waals surface area contributed by atoms with Crippen LogP contribution in [0, 0.1) is 18.7 Å². The largest absolute Gasteiger partial charge is 0.379 e. The summed E-state index contributed by atoms with van der Waals surface area (Å²) in [6.45, 7) is 6.08. The van der Waals surface area contributed by atoms with Gasteiger partial charge in [-0.15, -0.1) is 0 Å². The van der Waals surface area contributed by atoms with Crippen LogP contribution in [-0.2, 0) is 10.2 Å². The van der Waals surface area contributed by atoms with E-state index in [1.807, 2.05) is 12.1 Å². The summed E-state index contributed by atoms with van der Waals surface area (Å²) < 4.78 is 18.7. The molecule has 0 bridgehead atoms. The predicted molar refractivity (Wildman–Crippen MR) is 66.5 cm³/mol. The van der Waals surface area contributed by atoms with Crippen LogP contribution >= 0.6 is 0 Å². The molecule has 3 heteroatoms. The van der Waals surface area contributed by atoms with E-state index in [0.29, 0.717) is 18.0 Å². The highest BCUT2D eigenvalue weighted by atomic mass is 19.1. The van der Waals surface area contributed by atoms with Gasteiger partial charge in [0.25, 0.3) is 0 Å². The molecule has 1 aromatic rings. The van der Waals surface area contributed by atoms with Crippen LogP contribution in [0.15, 0.2) is 18.2 Å². The average Bonchev–Trinajstić information content (AvgIpc) is 2.27. The molecule has 1 atom stereocenters. The van der Waals surface area contributed by atoms with Crippen molar-refractivity contribution in [3.05, 3.63) is 35.1 Å². The smallest absolute Gasteiger partial charge is 0.126 e. The third-order valence-electron chi connectivity index (χ3n) is 3.67. The lowest BCUT2D eigenvalue weighted by Crippen LogP contribution is -2.48. The Morgan fingerprint density at radius 2 is 2.18 bits per heavy atom. The first-order valence-electron chi connectivity index (χ1n) is 6.12. The Kier molecular flexibility index (Phi) is 3.50. The van der Waals surface area contributed by atoms with Crippen LogP contribution in [0.4, 0.5) is 4.39 Å². The van der Waals surface area contributed by atoms with Crippen molar-refractivity contribution >= 4 is 0 Å². The number of nitrogens with two attached hydrogens (primary N) is 1. The van der Waals surface area contributed by atoms with E-state index in [1.165, 1.54) is 5.56 Å².